The molecule has 0 saturated heterocycles. The zero-order valence-corrected chi connectivity index (χ0v) is 15.0. The third-order valence-corrected chi connectivity index (χ3v) is 5.63. The number of nitrogens with zero attached hydrogens (tertiary/aromatic N) is 1. The molecule has 0 amide bonds. The van der Waals surface area contributed by atoms with Crippen molar-refractivity contribution in [3.05, 3.63) is 15.6 Å². The number of aromatic nitrogens is 1. The molecule has 0 bridgehead atoms. The average Bonchev–Trinajstić information content (AvgIpc) is 2.84. The smallest absolute Gasteiger partial charge is 0.125 e. The Balaban J connectivity index is 2.38. The molecule has 3 nitrogen and oxygen atoms in total. The quantitative estimate of drug-likeness (QED) is 0.844. The minimum atomic E-state index is -0.132. The van der Waals surface area contributed by atoms with Crippen LogP contribution in [-0.4, -0.2) is 18.6 Å². The first kappa shape index (κ1) is 16.9. The molecule has 0 aromatic carbocycles. The Morgan fingerprint density at radius 2 is 2.24 bits per heavy atom. The van der Waals surface area contributed by atoms with Gasteiger partial charge in [0.15, 0.2) is 0 Å². The number of ether oxygens (including phenoxy) is 1. The van der Waals surface area contributed by atoms with Crippen LogP contribution < -0.4 is 5.32 Å². The van der Waals surface area contributed by atoms with E-state index in [1.54, 1.807) is 0 Å². The van der Waals surface area contributed by atoms with Crippen LogP contribution in [0.1, 0.15) is 74.9 Å². The highest BCUT2D eigenvalue weighted by molar-refractivity contribution is 7.11. The van der Waals surface area contributed by atoms with Crippen LogP contribution in [0.2, 0.25) is 0 Å². The molecule has 1 N–H and O–H groups in total. The molecule has 120 valence electrons. The zero-order chi connectivity index (χ0) is 15.5. The van der Waals surface area contributed by atoms with Crippen LogP contribution >= 0.6 is 11.3 Å². The van der Waals surface area contributed by atoms with Gasteiger partial charge in [0.1, 0.15) is 10.6 Å². The van der Waals surface area contributed by atoms with Crippen molar-refractivity contribution < 1.29 is 4.74 Å². The van der Waals surface area contributed by atoms with Crippen molar-refractivity contribution in [3.63, 3.8) is 0 Å². The van der Waals surface area contributed by atoms with E-state index in [4.69, 9.17) is 9.72 Å². The predicted molar refractivity (Wildman–Crippen MR) is 89.9 cm³/mol. The summed E-state index contributed by atoms with van der Waals surface area (Å²) >= 11 is 1.86. The second-order valence-electron chi connectivity index (χ2n) is 6.64. The van der Waals surface area contributed by atoms with Crippen LogP contribution in [0.4, 0.5) is 0 Å². The molecule has 1 fully saturated rings. The maximum atomic E-state index is 6.28. The van der Waals surface area contributed by atoms with Gasteiger partial charge in [-0.3, -0.25) is 0 Å². The Bertz CT molecular complexity index is 454. The molecule has 1 aromatic rings. The number of hydrogen-bond donors (Lipinski definition) is 1. The molecule has 1 aliphatic carbocycles. The van der Waals surface area contributed by atoms with Gasteiger partial charge in [0, 0.05) is 18.0 Å². The van der Waals surface area contributed by atoms with E-state index in [1.807, 2.05) is 18.4 Å². The third kappa shape index (κ3) is 3.66. The van der Waals surface area contributed by atoms with E-state index in [0.29, 0.717) is 5.92 Å². The zero-order valence-electron chi connectivity index (χ0n) is 14.2. The minimum Gasteiger partial charge on any atom is -0.368 e. The Morgan fingerprint density at radius 3 is 2.81 bits per heavy atom. The van der Waals surface area contributed by atoms with Gasteiger partial charge in [-0.2, -0.15) is 0 Å². The van der Waals surface area contributed by atoms with Gasteiger partial charge in [0.25, 0.3) is 0 Å². The van der Waals surface area contributed by atoms with Crippen molar-refractivity contribution in [2.45, 2.75) is 71.4 Å². The molecule has 2 rings (SSSR count). The van der Waals surface area contributed by atoms with Crippen molar-refractivity contribution in [1.82, 2.24) is 10.3 Å². The Hall–Kier alpha value is -0.450. The van der Waals surface area contributed by atoms with Crippen molar-refractivity contribution in [2.24, 2.45) is 5.92 Å². The van der Waals surface area contributed by atoms with E-state index in [-0.39, 0.29) is 5.60 Å². The second-order valence-corrected chi connectivity index (χ2v) is 7.72. The fourth-order valence-corrected chi connectivity index (χ4v) is 4.87. The topological polar surface area (TPSA) is 34.1 Å². The summed E-state index contributed by atoms with van der Waals surface area (Å²) in [5.41, 5.74) is 1.12. The lowest BCUT2D eigenvalue weighted by atomic mass is 9.79. The average molecular weight is 311 g/mol. The predicted octanol–water partition coefficient (Wildman–Crippen LogP) is 4.43. The second kappa shape index (κ2) is 7.21. The molecule has 21 heavy (non-hydrogen) atoms. The summed E-state index contributed by atoms with van der Waals surface area (Å²) in [5.74, 6) is 1.20. The van der Waals surface area contributed by atoms with Gasteiger partial charge >= 0.3 is 0 Å². The molecule has 4 heteroatoms. The van der Waals surface area contributed by atoms with Gasteiger partial charge in [-0.05, 0) is 45.1 Å². The first-order valence-corrected chi connectivity index (χ1v) is 9.12. The molecule has 1 heterocycles. The van der Waals surface area contributed by atoms with E-state index >= 15 is 0 Å². The maximum Gasteiger partial charge on any atom is 0.125 e. The minimum absolute atomic E-state index is 0.132. The van der Waals surface area contributed by atoms with Crippen molar-refractivity contribution in [2.75, 3.05) is 13.7 Å². The lowest BCUT2D eigenvalue weighted by Gasteiger charge is -2.38. The SMILES string of the molecule is CCOC1(c2nc(C(C)C)c(CNC)s2)CCCC(C)C1. The number of nitrogens with one attached hydrogen (secondary N) is 1. The standard InChI is InChI=1S/C17H30N2OS/c1-6-20-17(9-7-8-13(4)10-17)16-19-15(12(2)3)14(21-16)11-18-5/h12-13,18H,6-11H2,1-5H3. The highest BCUT2D eigenvalue weighted by atomic mass is 32.1. The number of rotatable bonds is 6. The first-order chi connectivity index (χ1) is 10.0. The molecule has 1 aromatic heterocycles. The summed E-state index contributed by atoms with van der Waals surface area (Å²) in [5, 5.41) is 4.49. The van der Waals surface area contributed by atoms with Gasteiger partial charge in [-0.15, -0.1) is 11.3 Å². The summed E-state index contributed by atoms with van der Waals surface area (Å²) in [6.45, 7) is 10.6. The molecular weight excluding hydrogens is 280 g/mol. The highest BCUT2D eigenvalue weighted by Gasteiger charge is 2.40. The Kier molecular flexibility index (Phi) is 5.81. The summed E-state index contributed by atoms with van der Waals surface area (Å²) < 4.78 is 6.28. The van der Waals surface area contributed by atoms with E-state index < -0.39 is 0 Å². The van der Waals surface area contributed by atoms with Crippen molar-refractivity contribution in [1.29, 1.82) is 0 Å². The Morgan fingerprint density at radius 1 is 1.48 bits per heavy atom. The van der Waals surface area contributed by atoms with Crippen molar-refractivity contribution >= 4 is 11.3 Å². The summed E-state index contributed by atoms with van der Waals surface area (Å²) in [6, 6.07) is 0. The number of thiazole rings is 1. The number of hydrogen-bond acceptors (Lipinski definition) is 4. The third-order valence-electron chi connectivity index (χ3n) is 4.38. The molecule has 1 saturated carbocycles. The maximum absolute atomic E-state index is 6.28. The normalized spacial score (nSPS) is 26.5. The van der Waals surface area contributed by atoms with Crippen LogP contribution in [0.3, 0.4) is 0 Å². The van der Waals surface area contributed by atoms with E-state index in [2.05, 4.69) is 33.0 Å². The van der Waals surface area contributed by atoms with E-state index in [9.17, 15) is 0 Å². The van der Waals surface area contributed by atoms with Gasteiger partial charge in [0.2, 0.25) is 0 Å². The van der Waals surface area contributed by atoms with Gasteiger partial charge in [0.05, 0.1) is 5.69 Å². The fourth-order valence-electron chi connectivity index (χ4n) is 3.46. The van der Waals surface area contributed by atoms with Crippen LogP contribution in [0.5, 0.6) is 0 Å². The van der Waals surface area contributed by atoms with Crippen LogP contribution in [-0.2, 0) is 16.9 Å². The first-order valence-electron chi connectivity index (χ1n) is 8.31. The molecule has 1 aliphatic rings. The largest absolute Gasteiger partial charge is 0.368 e. The molecule has 2 unspecified atom stereocenters. The molecule has 0 radical (unpaired) electrons. The lowest BCUT2D eigenvalue weighted by Crippen LogP contribution is -2.35. The van der Waals surface area contributed by atoms with E-state index in [1.165, 1.54) is 28.4 Å². The van der Waals surface area contributed by atoms with Gasteiger partial charge < -0.3 is 10.1 Å². The summed E-state index contributed by atoms with van der Waals surface area (Å²) in [4.78, 5) is 6.41. The highest BCUT2D eigenvalue weighted by Crippen LogP contribution is 2.45. The van der Waals surface area contributed by atoms with Crippen LogP contribution in [0.15, 0.2) is 0 Å². The summed E-state index contributed by atoms with van der Waals surface area (Å²) in [7, 11) is 2.00. The molecule has 0 spiro atoms. The molecular formula is C17H30N2OS. The van der Waals surface area contributed by atoms with E-state index in [0.717, 1.165) is 31.9 Å². The van der Waals surface area contributed by atoms with Gasteiger partial charge in [-0.25, -0.2) is 4.98 Å². The molecule has 0 aliphatic heterocycles. The van der Waals surface area contributed by atoms with Gasteiger partial charge in [-0.1, -0.05) is 27.2 Å². The Labute approximate surface area is 133 Å². The van der Waals surface area contributed by atoms with Crippen LogP contribution in [0, 0.1) is 5.92 Å². The fraction of sp³-hybridized carbons (Fsp3) is 0.824. The molecule has 2 atom stereocenters. The lowest BCUT2D eigenvalue weighted by molar-refractivity contribution is -0.0821. The monoisotopic (exact) mass is 310 g/mol. The van der Waals surface area contributed by atoms with Crippen molar-refractivity contribution in [3.8, 4) is 0 Å². The summed E-state index contributed by atoms with van der Waals surface area (Å²) in [6.07, 6.45) is 4.81. The van der Waals surface area contributed by atoms with Crippen LogP contribution in [0.25, 0.3) is 0 Å².